The van der Waals surface area contributed by atoms with Gasteiger partial charge in [0.15, 0.2) is 11.0 Å². The lowest BCUT2D eigenvalue weighted by molar-refractivity contribution is -0.118. The molecule has 0 saturated carbocycles. The molecule has 0 spiro atoms. The molecule has 0 aliphatic heterocycles. The minimum absolute atomic E-state index is 0.000692. The number of hydrogen-bond acceptors (Lipinski definition) is 5. The van der Waals surface area contributed by atoms with Crippen LogP contribution >= 0.6 is 11.8 Å². The molecule has 0 unspecified atom stereocenters. The zero-order valence-electron chi connectivity index (χ0n) is 17.0. The lowest BCUT2D eigenvalue weighted by Gasteiger charge is -2.12. The highest BCUT2D eigenvalue weighted by atomic mass is 32.2. The standard InChI is InChI=1S/C22H26N4O2S/c1-4-5-14-23-20(27)15-29-22-25-24-21(18-8-6-7-9-19(18)28-3)26(22)17-12-10-16(2)11-13-17/h6-13H,4-5,14-15H2,1-3H3,(H,23,27). The van der Waals surface area contributed by atoms with E-state index in [2.05, 4.69) is 22.4 Å². The number of para-hydroxylation sites is 1. The Kier molecular flexibility index (Phi) is 7.30. The lowest BCUT2D eigenvalue weighted by Crippen LogP contribution is -2.26. The van der Waals surface area contributed by atoms with Gasteiger partial charge in [-0.15, -0.1) is 10.2 Å². The molecule has 0 aliphatic carbocycles. The Labute approximate surface area is 175 Å². The van der Waals surface area contributed by atoms with Crippen molar-refractivity contribution < 1.29 is 9.53 Å². The van der Waals surface area contributed by atoms with E-state index in [-0.39, 0.29) is 5.91 Å². The Morgan fingerprint density at radius 3 is 2.62 bits per heavy atom. The third-order valence-corrected chi connectivity index (χ3v) is 5.39. The number of rotatable bonds is 9. The van der Waals surface area contributed by atoms with Crippen molar-refractivity contribution in [2.24, 2.45) is 0 Å². The number of ether oxygens (including phenoxy) is 1. The van der Waals surface area contributed by atoms with Crippen LogP contribution in [0.5, 0.6) is 5.75 Å². The van der Waals surface area contributed by atoms with E-state index in [9.17, 15) is 4.79 Å². The summed E-state index contributed by atoms with van der Waals surface area (Å²) in [6, 6.07) is 15.9. The molecule has 3 aromatic rings. The highest BCUT2D eigenvalue weighted by Crippen LogP contribution is 2.33. The normalized spacial score (nSPS) is 10.7. The van der Waals surface area contributed by atoms with Crippen LogP contribution in [0.25, 0.3) is 17.1 Å². The number of benzene rings is 2. The molecule has 0 saturated heterocycles. The van der Waals surface area contributed by atoms with Crippen LogP contribution in [0.2, 0.25) is 0 Å². The number of carbonyl (C=O) groups excluding carboxylic acids is 1. The molecule has 152 valence electrons. The van der Waals surface area contributed by atoms with Gasteiger partial charge in [-0.2, -0.15) is 0 Å². The van der Waals surface area contributed by atoms with E-state index in [1.54, 1.807) is 7.11 Å². The second-order valence-electron chi connectivity index (χ2n) is 6.67. The maximum atomic E-state index is 12.2. The van der Waals surface area contributed by atoms with Gasteiger partial charge in [0, 0.05) is 12.2 Å². The monoisotopic (exact) mass is 410 g/mol. The SMILES string of the molecule is CCCCNC(=O)CSc1nnc(-c2ccccc2OC)n1-c1ccc(C)cc1. The van der Waals surface area contributed by atoms with Crippen LogP contribution in [0.15, 0.2) is 53.7 Å². The molecule has 1 N–H and O–H groups in total. The minimum Gasteiger partial charge on any atom is -0.496 e. The molecule has 0 fully saturated rings. The summed E-state index contributed by atoms with van der Waals surface area (Å²) >= 11 is 1.38. The van der Waals surface area contributed by atoms with E-state index in [0.717, 1.165) is 29.8 Å². The predicted octanol–water partition coefficient (Wildman–Crippen LogP) is 4.26. The number of thioether (sulfide) groups is 1. The zero-order chi connectivity index (χ0) is 20.6. The smallest absolute Gasteiger partial charge is 0.230 e. The number of hydrogen-bond donors (Lipinski definition) is 1. The van der Waals surface area contributed by atoms with Crippen LogP contribution in [0, 0.1) is 6.92 Å². The molecule has 1 heterocycles. The largest absolute Gasteiger partial charge is 0.496 e. The first-order valence-corrected chi connectivity index (χ1v) is 10.7. The fraction of sp³-hybridized carbons (Fsp3) is 0.318. The summed E-state index contributed by atoms with van der Waals surface area (Å²) in [6.45, 7) is 4.85. The highest BCUT2D eigenvalue weighted by molar-refractivity contribution is 7.99. The van der Waals surface area contributed by atoms with Gasteiger partial charge in [0.05, 0.1) is 18.4 Å². The van der Waals surface area contributed by atoms with Crippen LogP contribution < -0.4 is 10.1 Å². The van der Waals surface area contributed by atoms with Gasteiger partial charge >= 0.3 is 0 Å². The van der Waals surface area contributed by atoms with Gasteiger partial charge in [-0.05, 0) is 37.6 Å². The van der Waals surface area contributed by atoms with E-state index in [0.29, 0.717) is 23.3 Å². The molecule has 29 heavy (non-hydrogen) atoms. The Balaban J connectivity index is 1.94. The molecule has 0 bridgehead atoms. The average molecular weight is 411 g/mol. The average Bonchev–Trinajstić information content (AvgIpc) is 3.16. The Hall–Kier alpha value is -2.80. The predicted molar refractivity (Wildman–Crippen MR) is 117 cm³/mol. The van der Waals surface area contributed by atoms with Crippen molar-refractivity contribution in [3.8, 4) is 22.8 Å². The first-order valence-electron chi connectivity index (χ1n) is 9.69. The third-order valence-electron chi connectivity index (χ3n) is 4.46. The van der Waals surface area contributed by atoms with Crippen molar-refractivity contribution in [1.82, 2.24) is 20.1 Å². The van der Waals surface area contributed by atoms with Crippen LogP contribution in [0.1, 0.15) is 25.3 Å². The molecule has 1 amide bonds. The number of unbranched alkanes of at least 4 members (excludes halogenated alkanes) is 1. The topological polar surface area (TPSA) is 69.0 Å². The number of methoxy groups -OCH3 is 1. The number of aromatic nitrogens is 3. The molecule has 6 nitrogen and oxygen atoms in total. The van der Waals surface area contributed by atoms with Gasteiger partial charge < -0.3 is 10.1 Å². The van der Waals surface area contributed by atoms with Crippen molar-refractivity contribution in [2.75, 3.05) is 19.4 Å². The molecule has 0 radical (unpaired) electrons. The number of amides is 1. The number of nitrogens with one attached hydrogen (secondary N) is 1. The molecule has 2 aromatic carbocycles. The van der Waals surface area contributed by atoms with E-state index in [1.807, 2.05) is 60.0 Å². The molecule has 3 rings (SSSR count). The van der Waals surface area contributed by atoms with Crippen molar-refractivity contribution in [1.29, 1.82) is 0 Å². The Morgan fingerprint density at radius 1 is 1.14 bits per heavy atom. The quantitative estimate of drug-likeness (QED) is 0.422. The highest BCUT2D eigenvalue weighted by Gasteiger charge is 2.19. The van der Waals surface area contributed by atoms with Gasteiger partial charge in [-0.3, -0.25) is 9.36 Å². The lowest BCUT2D eigenvalue weighted by atomic mass is 10.1. The van der Waals surface area contributed by atoms with Gasteiger partial charge in [-0.1, -0.05) is 54.9 Å². The van der Waals surface area contributed by atoms with Crippen LogP contribution in [-0.2, 0) is 4.79 Å². The summed E-state index contributed by atoms with van der Waals surface area (Å²) in [4.78, 5) is 12.2. The summed E-state index contributed by atoms with van der Waals surface area (Å²) < 4.78 is 7.49. The van der Waals surface area contributed by atoms with Crippen molar-refractivity contribution in [3.63, 3.8) is 0 Å². The van der Waals surface area contributed by atoms with Crippen LogP contribution in [0.3, 0.4) is 0 Å². The molecule has 1 aromatic heterocycles. The van der Waals surface area contributed by atoms with Crippen molar-refractivity contribution in [3.05, 3.63) is 54.1 Å². The fourth-order valence-electron chi connectivity index (χ4n) is 2.88. The third kappa shape index (κ3) is 5.17. The van der Waals surface area contributed by atoms with E-state index in [4.69, 9.17) is 4.74 Å². The molecule has 7 heteroatoms. The molecular weight excluding hydrogens is 384 g/mol. The zero-order valence-corrected chi connectivity index (χ0v) is 17.8. The summed E-state index contributed by atoms with van der Waals surface area (Å²) in [5, 5.41) is 12.4. The maximum Gasteiger partial charge on any atom is 0.230 e. The van der Waals surface area contributed by atoms with Gasteiger partial charge in [-0.25, -0.2) is 0 Å². The van der Waals surface area contributed by atoms with Gasteiger partial charge in [0.25, 0.3) is 0 Å². The molecule has 0 atom stereocenters. The van der Waals surface area contributed by atoms with E-state index in [1.165, 1.54) is 17.3 Å². The maximum absolute atomic E-state index is 12.2. The number of nitrogens with zero attached hydrogens (tertiary/aromatic N) is 3. The molecular formula is C22H26N4O2S. The summed E-state index contributed by atoms with van der Waals surface area (Å²) in [5.41, 5.74) is 2.96. The summed E-state index contributed by atoms with van der Waals surface area (Å²) in [6.07, 6.45) is 2.03. The summed E-state index contributed by atoms with van der Waals surface area (Å²) in [5.74, 6) is 1.70. The second kappa shape index (κ2) is 10.1. The first-order chi connectivity index (χ1) is 14.1. The van der Waals surface area contributed by atoms with Gasteiger partial charge in [0.1, 0.15) is 5.75 Å². The second-order valence-corrected chi connectivity index (χ2v) is 7.61. The van der Waals surface area contributed by atoms with Crippen molar-refractivity contribution >= 4 is 17.7 Å². The molecule has 0 aliphatic rings. The Morgan fingerprint density at radius 2 is 1.90 bits per heavy atom. The van der Waals surface area contributed by atoms with E-state index >= 15 is 0 Å². The minimum atomic E-state index is 0.000692. The Bertz CT molecular complexity index is 954. The first kappa shape index (κ1) is 20.9. The van der Waals surface area contributed by atoms with E-state index < -0.39 is 0 Å². The fourth-order valence-corrected chi connectivity index (χ4v) is 3.66. The summed E-state index contributed by atoms with van der Waals surface area (Å²) in [7, 11) is 1.64. The van der Waals surface area contributed by atoms with Crippen LogP contribution in [0.4, 0.5) is 0 Å². The van der Waals surface area contributed by atoms with Crippen LogP contribution in [-0.4, -0.2) is 40.1 Å². The van der Waals surface area contributed by atoms with Gasteiger partial charge in [0.2, 0.25) is 5.91 Å². The van der Waals surface area contributed by atoms with Crippen molar-refractivity contribution in [2.45, 2.75) is 31.8 Å². The number of aryl methyl sites for hydroxylation is 1. The number of carbonyl (C=O) groups is 1.